The SMILES string of the molecule is C.CCCCCCCCCCCC(O)[C@@H]1COC(C)(C)N1C.CN1[C@H](C=O)COC1(C)C.CN1[C@H](CO)COC1(C)C.[Br-].[CH2-]CCCCCCCCCC.[Mg+2]. The van der Waals surface area contributed by atoms with Gasteiger partial charge in [0.15, 0.2) is 0 Å². The monoisotopic (exact) mass is 862 g/mol. The molecule has 0 aromatic heterocycles. The average Bonchev–Trinajstić information content (AvgIpc) is 3.65. The summed E-state index contributed by atoms with van der Waals surface area (Å²) < 4.78 is 16.5. The molecule has 0 bridgehead atoms. The van der Waals surface area contributed by atoms with E-state index in [4.69, 9.17) is 19.3 Å². The predicted octanol–water partition coefficient (Wildman–Crippen LogP) is 6.24. The number of ether oxygens (including phenoxy) is 3. The Morgan fingerprint density at radius 2 is 1.04 bits per heavy atom. The molecule has 9 nitrogen and oxygen atoms in total. The first-order valence-electron chi connectivity index (χ1n) is 21.2. The summed E-state index contributed by atoms with van der Waals surface area (Å²) >= 11 is 0. The van der Waals surface area contributed by atoms with Gasteiger partial charge in [-0.25, -0.2) is 0 Å². The van der Waals surface area contributed by atoms with E-state index in [1.54, 1.807) is 0 Å². The molecule has 4 atom stereocenters. The van der Waals surface area contributed by atoms with Gasteiger partial charge >= 0.3 is 23.1 Å². The minimum absolute atomic E-state index is 0. The molecule has 2 N–H and O–H groups in total. The molecule has 1 unspecified atom stereocenters. The molecule has 3 heterocycles. The summed E-state index contributed by atoms with van der Waals surface area (Å²) in [5.74, 6) is 0. The number of aliphatic hydroxyl groups excluding tert-OH is 2. The van der Waals surface area contributed by atoms with Gasteiger partial charge in [-0.2, -0.15) is 6.42 Å². The van der Waals surface area contributed by atoms with E-state index in [-0.39, 0.29) is 95.5 Å². The molecule has 3 aliphatic rings. The molecule has 0 radical (unpaired) electrons. The molecule has 3 fully saturated rings. The van der Waals surface area contributed by atoms with Gasteiger partial charge in [-0.15, -0.1) is 0 Å². The molecule has 11 heteroatoms. The van der Waals surface area contributed by atoms with E-state index in [9.17, 15) is 9.90 Å². The Kier molecular flexibility index (Phi) is 40.0. The van der Waals surface area contributed by atoms with Gasteiger partial charge in [0.1, 0.15) is 23.5 Å². The zero-order valence-corrected chi connectivity index (χ0v) is 40.3. The topological polar surface area (TPSA) is 94.9 Å². The van der Waals surface area contributed by atoms with Crippen LogP contribution in [0.25, 0.3) is 0 Å². The number of rotatable bonds is 21. The largest absolute Gasteiger partial charge is 2.00 e. The Labute approximate surface area is 369 Å². The van der Waals surface area contributed by atoms with Gasteiger partial charge in [0.25, 0.3) is 0 Å². The maximum absolute atomic E-state index is 10.4. The Morgan fingerprint density at radius 1 is 0.655 bits per heavy atom. The van der Waals surface area contributed by atoms with E-state index >= 15 is 0 Å². The Bertz CT molecular complexity index is 863. The van der Waals surface area contributed by atoms with Crippen LogP contribution < -0.4 is 17.0 Å². The zero-order valence-electron chi connectivity index (χ0n) is 37.3. The summed E-state index contributed by atoms with van der Waals surface area (Å²) in [5.41, 5.74) is -0.705. The number of nitrogens with zero attached hydrogens (tertiary/aromatic N) is 3. The number of carbonyl (C=O) groups excluding carboxylic acids is 1. The Hall–Kier alpha value is 0.596. The first-order chi connectivity index (χ1) is 24.6. The third-order valence-corrected chi connectivity index (χ3v) is 11.5. The number of likely N-dealkylation sites (N-methyl/N-ethyl adjacent to an activating group) is 3. The minimum Gasteiger partial charge on any atom is -1.00 e. The fraction of sp³-hybridized carbons (Fsp3) is 0.955. The zero-order chi connectivity index (χ0) is 39.6. The Balaban J connectivity index is -0.000000329. The van der Waals surface area contributed by atoms with Gasteiger partial charge in [-0.05, 0) is 69.1 Å². The average molecular weight is 863 g/mol. The smallest absolute Gasteiger partial charge is 1.00 e. The second-order valence-electron chi connectivity index (χ2n) is 16.7. The molecule has 3 saturated heterocycles. The third kappa shape index (κ3) is 26.4. The van der Waals surface area contributed by atoms with Gasteiger partial charge in [0.2, 0.25) is 0 Å². The van der Waals surface area contributed by atoms with Crippen LogP contribution in [0.3, 0.4) is 0 Å². The van der Waals surface area contributed by atoms with E-state index in [1.807, 2.05) is 51.6 Å². The fourth-order valence-corrected chi connectivity index (χ4v) is 6.60. The van der Waals surface area contributed by atoms with Gasteiger partial charge in [0.05, 0.1) is 50.7 Å². The summed E-state index contributed by atoms with van der Waals surface area (Å²) in [5, 5.41) is 19.2. The molecule has 3 rings (SSSR count). The predicted molar refractivity (Wildman–Crippen MR) is 231 cm³/mol. The number of carbonyl (C=O) groups is 1. The van der Waals surface area contributed by atoms with Crippen molar-refractivity contribution in [2.24, 2.45) is 0 Å². The number of aldehydes is 1. The number of aliphatic hydroxyl groups is 2. The van der Waals surface area contributed by atoms with Crippen molar-refractivity contribution in [3.05, 3.63) is 6.92 Å². The molecule has 0 amide bonds. The van der Waals surface area contributed by atoms with E-state index in [0.29, 0.717) is 19.8 Å². The normalized spacial score (nSPS) is 23.0. The summed E-state index contributed by atoms with van der Waals surface area (Å²) in [6, 6.07) is 0.277. The summed E-state index contributed by atoms with van der Waals surface area (Å²) in [4.78, 5) is 16.5. The van der Waals surface area contributed by atoms with Crippen LogP contribution in [-0.4, -0.2) is 143 Å². The minimum atomic E-state index is -0.272. The van der Waals surface area contributed by atoms with E-state index in [2.05, 4.69) is 46.6 Å². The van der Waals surface area contributed by atoms with Gasteiger partial charge in [0, 0.05) is 0 Å². The van der Waals surface area contributed by atoms with Crippen LogP contribution in [0.4, 0.5) is 0 Å². The molecular formula is C44H92BrMgN3O6. The van der Waals surface area contributed by atoms with Crippen molar-refractivity contribution < 1.29 is 46.2 Å². The molecule has 0 aromatic rings. The molecular weight excluding hydrogens is 771 g/mol. The van der Waals surface area contributed by atoms with Crippen molar-refractivity contribution in [2.75, 3.05) is 47.6 Å². The standard InChI is InChI=1S/C18H37NO2.C11H23.C7H15NO2.C7H13NO2.CH4.BrH.Mg/c1-5-6-7-8-9-10-11-12-13-14-17(20)16-15-21-18(2,3)19(16)4;1-3-5-7-9-11-10-8-6-4-2;2*1-7(2)8(3)6(4-9)5-10-7;;;/h16-17,20H,5-15H2,1-4H3;1,3-11H2,2H3;6,9H,4-5H2,1-3H3;4,6H,5H2,1-3H3;1H4;1H;/q;-1;;;;;+2/p-1/t16-,17?;;2*6-;;;/m0.11.../s1. The second-order valence-corrected chi connectivity index (χ2v) is 16.7. The number of hydrogen-bond donors (Lipinski definition) is 2. The fourth-order valence-electron chi connectivity index (χ4n) is 6.60. The van der Waals surface area contributed by atoms with Gasteiger partial charge < -0.3 is 53.1 Å². The van der Waals surface area contributed by atoms with Crippen LogP contribution in [0.15, 0.2) is 0 Å². The van der Waals surface area contributed by atoms with Crippen LogP contribution in [0.1, 0.15) is 185 Å². The molecule has 0 aromatic carbocycles. The third-order valence-electron chi connectivity index (χ3n) is 11.5. The first-order valence-corrected chi connectivity index (χ1v) is 21.2. The van der Waals surface area contributed by atoms with Crippen LogP contribution in [-0.2, 0) is 19.0 Å². The van der Waals surface area contributed by atoms with Crippen molar-refractivity contribution in [1.82, 2.24) is 14.7 Å². The molecule has 0 spiro atoms. The van der Waals surface area contributed by atoms with Crippen molar-refractivity contribution in [3.63, 3.8) is 0 Å². The van der Waals surface area contributed by atoms with Crippen LogP contribution >= 0.6 is 0 Å². The molecule has 328 valence electrons. The second kappa shape index (κ2) is 35.4. The first kappa shape index (κ1) is 62.2. The summed E-state index contributed by atoms with van der Waals surface area (Å²) in [6.45, 7) is 22.4. The Morgan fingerprint density at radius 3 is 1.33 bits per heavy atom. The van der Waals surface area contributed by atoms with Gasteiger partial charge in [-0.1, -0.05) is 130 Å². The van der Waals surface area contributed by atoms with E-state index in [1.165, 1.54) is 103 Å². The van der Waals surface area contributed by atoms with Crippen LogP contribution in [0.5, 0.6) is 0 Å². The van der Waals surface area contributed by atoms with Crippen molar-refractivity contribution in [2.45, 2.75) is 226 Å². The van der Waals surface area contributed by atoms with E-state index < -0.39 is 0 Å². The van der Waals surface area contributed by atoms with Crippen molar-refractivity contribution in [3.8, 4) is 0 Å². The van der Waals surface area contributed by atoms with Crippen LogP contribution in [0.2, 0.25) is 0 Å². The van der Waals surface area contributed by atoms with Crippen molar-refractivity contribution >= 4 is 29.3 Å². The number of hydrogen-bond acceptors (Lipinski definition) is 9. The quantitative estimate of drug-likeness (QED) is 0.0603. The molecule has 0 saturated carbocycles. The number of unbranched alkanes of at least 4 members (excludes halogenated alkanes) is 16. The molecule has 0 aliphatic carbocycles. The van der Waals surface area contributed by atoms with E-state index in [0.717, 1.165) is 25.5 Å². The molecule has 55 heavy (non-hydrogen) atoms. The maximum Gasteiger partial charge on any atom is 2.00 e. The van der Waals surface area contributed by atoms with Crippen LogP contribution in [0, 0.1) is 6.92 Å². The number of halogens is 1. The summed E-state index contributed by atoms with van der Waals surface area (Å²) in [6.07, 6.45) is 26.0. The van der Waals surface area contributed by atoms with Gasteiger partial charge in [-0.3, -0.25) is 14.7 Å². The van der Waals surface area contributed by atoms with Crippen molar-refractivity contribution in [1.29, 1.82) is 0 Å². The summed E-state index contributed by atoms with van der Waals surface area (Å²) in [7, 11) is 5.91. The maximum atomic E-state index is 10.4. The molecule has 3 aliphatic heterocycles.